The SMILES string of the molecule is CCO[Si](CCCCCCCCCCCOCc1ccc(C(C)ON(C(c2ccccc2)C(C)C)C(C)(C)C)cc1)(OCC)OCC. The van der Waals surface area contributed by atoms with Gasteiger partial charge in [-0.2, -0.15) is 5.06 Å². The van der Waals surface area contributed by atoms with Crippen LogP contribution in [0, 0.1) is 5.92 Å². The summed E-state index contributed by atoms with van der Waals surface area (Å²) in [4.78, 5) is 6.72. The Bertz CT molecular complexity index is 1030. The van der Waals surface area contributed by atoms with E-state index in [0.29, 0.717) is 32.3 Å². The van der Waals surface area contributed by atoms with Crippen molar-refractivity contribution < 1.29 is 22.9 Å². The third-order valence-corrected chi connectivity index (χ3v) is 11.7. The van der Waals surface area contributed by atoms with Gasteiger partial charge >= 0.3 is 8.80 Å². The Balaban J connectivity index is 1.64. The summed E-state index contributed by atoms with van der Waals surface area (Å²) in [6.45, 7) is 22.9. The highest BCUT2D eigenvalue weighted by atomic mass is 28.4. The molecule has 0 heterocycles. The molecule has 0 saturated carbocycles. The molecule has 2 rings (SSSR count). The Hall–Kier alpha value is -1.58. The third kappa shape index (κ3) is 15.7. The van der Waals surface area contributed by atoms with Gasteiger partial charge in [-0.15, -0.1) is 0 Å². The van der Waals surface area contributed by atoms with Gasteiger partial charge in [-0.3, -0.25) is 4.84 Å². The van der Waals surface area contributed by atoms with E-state index >= 15 is 0 Å². The summed E-state index contributed by atoms with van der Waals surface area (Å²) in [5, 5.41) is 2.21. The molecular weight excluding hydrogens is 603 g/mol. The van der Waals surface area contributed by atoms with Crippen molar-refractivity contribution in [3.8, 4) is 0 Å². The first kappa shape index (κ1) is 41.6. The van der Waals surface area contributed by atoms with Crippen molar-refractivity contribution in [1.29, 1.82) is 0 Å². The lowest BCUT2D eigenvalue weighted by molar-refractivity contribution is -0.272. The Morgan fingerprint density at radius 3 is 1.64 bits per heavy atom. The van der Waals surface area contributed by atoms with E-state index in [1.54, 1.807) is 0 Å². The minimum atomic E-state index is -2.47. The van der Waals surface area contributed by atoms with E-state index in [1.807, 2.05) is 20.8 Å². The van der Waals surface area contributed by atoms with E-state index in [9.17, 15) is 0 Å². The molecule has 2 aromatic rings. The zero-order chi connectivity index (χ0) is 34.5. The quantitative estimate of drug-likeness (QED) is 0.0563. The van der Waals surface area contributed by atoms with E-state index in [-0.39, 0.29) is 17.7 Å². The predicted molar refractivity (Wildman–Crippen MR) is 198 cm³/mol. The zero-order valence-electron chi connectivity index (χ0n) is 31.5. The lowest BCUT2D eigenvalue weighted by Gasteiger charge is -2.44. The molecule has 7 heteroatoms. The van der Waals surface area contributed by atoms with Crippen LogP contribution in [0.15, 0.2) is 54.6 Å². The average molecular weight is 672 g/mol. The van der Waals surface area contributed by atoms with Crippen LogP contribution in [-0.4, -0.2) is 45.8 Å². The molecule has 0 amide bonds. The van der Waals surface area contributed by atoms with Crippen LogP contribution in [0.25, 0.3) is 0 Å². The van der Waals surface area contributed by atoms with Crippen molar-refractivity contribution in [3.63, 3.8) is 0 Å². The standard InChI is InChI=1S/C40H69NO5Si/c1-10-43-47(44-11-2,45-12-3)32-24-19-17-15-13-14-16-18-23-31-42-33-36-27-29-37(30-28-36)35(6)46-41(40(7,8)9)39(34(4)5)38-25-21-20-22-26-38/h20-22,25-30,34-35,39H,10-19,23-24,31-33H2,1-9H3. The van der Waals surface area contributed by atoms with Gasteiger partial charge in [0.05, 0.1) is 12.6 Å². The molecule has 0 spiro atoms. The first-order valence-corrected chi connectivity index (χ1v) is 20.6. The third-order valence-electron chi connectivity index (χ3n) is 8.54. The number of benzene rings is 2. The van der Waals surface area contributed by atoms with Crippen LogP contribution < -0.4 is 0 Å². The van der Waals surface area contributed by atoms with Crippen LogP contribution in [0.1, 0.15) is 149 Å². The number of hydrogen-bond acceptors (Lipinski definition) is 6. The molecule has 0 radical (unpaired) electrons. The van der Waals surface area contributed by atoms with Crippen LogP contribution in [0.2, 0.25) is 6.04 Å². The van der Waals surface area contributed by atoms with E-state index in [2.05, 4.69) is 101 Å². The Kier molecular flexibility index (Phi) is 20.3. The highest BCUT2D eigenvalue weighted by Gasteiger charge is 2.39. The molecule has 0 fully saturated rings. The molecule has 268 valence electrons. The summed E-state index contributed by atoms with van der Waals surface area (Å²) in [5.41, 5.74) is 3.52. The van der Waals surface area contributed by atoms with Gasteiger partial charge in [0, 0.05) is 38.0 Å². The second-order valence-electron chi connectivity index (χ2n) is 14.1. The number of hydroxylamine groups is 2. The van der Waals surface area contributed by atoms with Gasteiger partial charge in [0.25, 0.3) is 0 Å². The molecule has 47 heavy (non-hydrogen) atoms. The molecule has 0 aliphatic heterocycles. The van der Waals surface area contributed by atoms with Crippen LogP contribution in [0.3, 0.4) is 0 Å². The van der Waals surface area contributed by atoms with Gasteiger partial charge in [-0.25, -0.2) is 0 Å². The lowest BCUT2D eigenvalue weighted by Crippen LogP contribution is -2.46. The fourth-order valence-corrected chi connectivity index (χ4v) is 8.86. The van der Waals surface area contributed by atoms with Gasteiger partial charge in [0.2, 0.25) is 0 Å². The molecule has 0 aliphatic carbocycles. The number of unbranched alkanes of at least 4 members (excludes halogenated alkanes) is 8. The predicted octanol–water partition coefficient (Wildman–Crippen LogP) is 11.3. The summed E-state index contributed by atoms with van der Waals surface area (Å²) in [6.07, 6.45) is 11.2. The van der Waals surface area contributed by atoms with Crippen LogP contribution >= 0.6 is 0 Å². The molecule has 2 atom stereocenters. The van der Waals surface area contributed by atoms with Gasteiger partial charge in [0.1, 0.15) is 6.10 Å². The van der Waals surface area contributed by atoms with E-state index in [4.69, 9.17) is 22.9 Å². The fraction of sp³-hybridized carbons (Fsp3) is 0.700. The van der Waals surface area contributed by atoms with Crippen molar-refractivity contribution in [2.75, 3.05) is 26.4 Å². The number of rotatable bonds is 26. The second kappa shape index (κ2) is 22.9. The van der Waals surface area contributed by atoms with E-state index in [1.165, 1.54) is 61.6 Å². The highest BCUT2D eigenvalue weighted by molar-refractivity contribution is 6.60. The fourth-order valence-electron chi connectivity index (χ4n) is 6.17. The molecule has 0 saturated heterocycles. The van der Waals surface area contributed by atoms with E-state index < -0.39 is 8.80 Å². The second-order valence-corrected chi connectivity index (χ2v) is 16.8. The normalized spacial score (nSPS) is 13.9. The summed E-state index contributed by atoms with van der Waals surface area (Å²) in [6, 6.07) is 20.6. The van der Waals surface area contributed by atoms with Gasteiger partial charge in [-0.1, -0.05) is 113 Å². The highest BCUT2D eigenvalue weighted by Crippen LogP contribution is 2.37. The van der Waals surface area contributed by atoms with Gasteiger partial charge in [-0.05, 0) is 83.9 Å². The van der Waals surface area contributed by atoms with Crippen molar-refractivity contribution >= 4 is 8.80 Å². The molecule has 0 bridgehead atoms. The first-order chi connectivity index (χ1) is 22.6. The first-order valence-electron chi connectivity index (χ1n) is 18.7. The molecular formula is C40H69NO5Si. The Morgan fingerprint density at radius 1 is 0.638 bits per heavy atom. The number of nitrogens with zero attached hydrogens (tertiary/aromatic N) is 1. The molecule has 6 nitrogen and oxygen atoms in total. The summed E-state index contributed by atoms with van der Waals surface area (Å²) in [5.74, 6) is 0.403. The molecule has 0 aromatic heterocycles. The van der Waals surface area contributed by atoms with Crippen molar-refractivity contribution in [2.45, 2.75) is 150 Å². The average Bonchev–Trinajstić information content (AvgIpc) is 3.03. The zero-order valence-corrected chi connectivity index (χ0v) is 32.5. The molecule has 0 N–H and O–H groups in total. The van der Waals surface area contributed by atoms with Crippen LogP contribution in [-0.2, 0) is 29.5 Å². The maximum atomic E-state index is 6.72. The number of hydrogen-bond donors (Lipinski definition) is 0. The van der Waals surface area contributed by atoms with Crippen molar-refractivity contribution in [1.82, 2.24) is 5.06 Å². The monoisotopic (exact) mass is 671 g/mol. The molecule has 0 aliphatic rings. The largest absolute Gasteiger partial charge is 0.500 e. The topological polar surface area (TPSA) is 49.4 Å². The summed E-state index contributed by atoms with van der Waals surface area (Å²) >= 11 is 0. The van der Waals surface area contributed by atoms with Crippen LogP contribution in [0.4, 0.5) is 0 Å². The minimum absolute atomic E-state index is 0.0588. The maximum absolute atomic E-state index is 6.72. The summed E-state index contributed by atoms with van der Waals surface area (Å²) in [7, 11) is -2.47. The van der Waals surface area contributed by atoms with Crippen molar-refractivity contribution in [3.05, 3.63) is 71.3 Å². The van der Waals surface area contributed by atoms with Gasteiger partial charge < -0.3 is 18.0 Å². The number of ether oxygens (including phenoxy) is 1. The van der Waals surface area contributed by atoms with Gasteiger partial charge in [0.15, 0.2) is 0 Å². The Morgan fingerprint density at radius 2 is 1.15 bits per heavy atom. The minimum Gasteiger partial charge on any atom is -0.377 e. The maximum Gasteiger partial charge on any atom is 0.500 e. The lowest BCUT2D eigenvalue weighted by atomic mass is 9.92. The van der Waals surface area contributed by atoms with Crippen molar-refractivity contribution in [2.24, 2.45) is 5.92 Å². The smallest absolute Gasteiger partial charge is 0.377 e. The van der Waals surface area contributed by atoms with E-state index in [0.717, 1.165) is 25.5 Å². The molecule has 2 aromatic carbocycles. The Labute approximate surface area is 290 Å². The summed E-state index contributed by atoms with van der Waals surface area (Å²) < 4.78 is 23.9. The van der Waals surface area contributed by atoms with Crippen LogP contribution in [0.5, 0.6) is 0 Å². The molecule has 2 unspecified atom stereocenters.